The van der Waals surface area contributed by atoms with Crippen LogP contribution in [-0.4, -0.2) is 18.2 Å². The Hall–Kier alpha value is -3.00. The molecule has 0 heterocycles. The molecular formula is C21H23NO4. The Bertz CT molecular complexity index is 850. The van der Waals surface area contributed by atoms with Crippen molar-refractivity contribution in [2.75, 3.05) is 6.61 Å². The van der Waals surface area contributed by atoms with Gasteiger partial charge in [-0.1, -0.05) is 6.07 Å². The van der Waals surface area contributed by atoms with Crippen molar-refractivity contribution < 1.29 is 19.0 Å². The van der Waals surface area contributed by atoms with E-state index in [4.69, 9.17) is 19.5 Å². The van der Waals surface area contributed by atoms with E-state index in [1.165, 1.54) is 0 Å². The Kier molecular flexibility index (Phi) is 5.89. The minimum Gasteiger partial charge on any atom is -0.476 e. The molecule has 0 aromatic heterocycles. The highest BCUT2D eigenvalue weighted by Gasteiger charge is 2.32. The Morgan fingerprint density at radius 1 is 1.08 bits per heavy atom. The Morgan fingerprint density at radius 2 is 1.73 bits per heavy atom. The number of nitrogens with zero attached hydrogens (tertiary/aromatic N) is 1. The first-order chi connectivity index (χ1) is 12.3. The van der Waals surface area contributed by atoms with Crippen molar-refractivity contribution in [3.63, 3.8) is 0 Å². The van der Waals surface area contributed by atoms with Crippen molar-refractivity contribution >= 4 is 5.97 Å². The largest absolute Gasteiger partial charge is 0.476 e. The van der Waals surface area contributed by atoms with Crippen LogP contribution < -0.4 is 9.47 Å². The van der Waals surface area contributed by atoms with E-state index in [1.807, 2.05) is 32.0 Å². The molecule has 0 atom stereocenters. The molecular weight excluding hydrogens is 330 g/mol. The van der Waals surface area contributed by atoms with Crippen molar-refractivity contribution in [3.8, 4) is 23.3 Å². The van der Waals surface area contributed by atoms with Crippen molar-refractivity contribution in [3.05, 3.63) is 53.1 Å². The minimum absolute atomic E-state index is 0.304. The van der Waals surface area contributed by atoms with Gasteiger partial charge in [-0.25, -0.2) is 4.79 Å². The van der Waals surface area contributed by atoms with Crippen LogP contribution in [0, 0.1) is 25.2 Å². The van der Waals surface area contributed by atoms with Gasteiger partial charge in [0.15, 0.2) is 5.60 Å². The zero-order valence-corrected chi connectivity index (χ0v) is 15.8. The third-order valence-corrected chi connectivity index (χ3v) is 3.84. The number of hydrogen-bond acceptors (Lipinski definition) is 5. The molecule has 5 nitrogen and oxygen atoms in total. The van der Waals surface area contributed by atoms with Crippen LogP contribution in [0.1, 0.15) is 37.5 Å². The fraction of sp³-hybridized carbons (Fsp3) is 0.333. The number of rotatable bonds is 6. The van der Waals surface area contributed by atoms with Crippen LogP contribution in [0.2, 0.25) is 0 Å². The Labute approximate surface area is 154 Å². The van der Waals surface area contributed by atoms with Gasteiger partial charge in [0.05, 0.1) is 18.2 Å². The highest BCUT2D eigenvalue weighted by molar-refractivity contribution is 5.79. The summed E-state index contributed by atoms with van der Waals surface area (Å²) in [7, 11) is 0. The number of hydrogen-bond donors (Lipinski definition) is 0. The molecule has 0 saturated heterocycles. The van der Waals surface area contributed by atoms with Crippen LogP contribution in [0.15, 0.2) is 36.4 Å². The first-order valence-corrected chi connectivity index (χ1v) is 8.42. The van der Waals surface area contributed by atoms with E-state index in [0.717, 1.165) is 11.1 Å². The number of esters is 1. The fourth-order valence-electron chi connectivity index (χ4n) is 2.34. The van der Waals surface area contributed by atoms with Gasteiger partial charge in [0.1, 0.15) is 17.2 Å². The molecule has 2 rings (SSSR count). The summed E-state index contributed by atoms with van der Waals surface area (Å²) in [6.07, 6.45) is 0. The number of ether oxygens (including phenoxy) is 3. The van der Waals surface area contributed by atoms with Crippen LogP contribution >= 0.6 is 0 Å². The summed E-state index contributed by atoms with van der Waals surface area (Å²) in [5.41, 5.74) is 1.23. The lowest BCUT2D eigenvalue weighted by molar-refractivity contribution is -0.158. The topological polar surface area (TPSA) is 68.6 Å². The summed E-state index contributed by atoms with van der Waals surface area (Å²) >= 11 is 0. The van der Waals surface area contributed by atoms with Crippen LogP contribution in [0.3, 0.4) is 0 Å². The lowest BCUT2D eigenvalue weighted by Crippen LogP contribution is -2.39. The smallest absolute Gasteiger partial charge is 0.349 e. The maximum Gasteiger partial charge on any atom is 0.349 e. The highest BCUT2D eigenvalue weighted by Crippen LogP contribution is 2.30. The predicted octanol–water partition coefficient (Wildman–Crippen LogP) is 4.69. The predicted molar refractivity (Wildman–Crippen MR) is 98.5 cm³/mol. The van der Waals surface area contributed by atoms with E-state index >= 15 is 0 Å². The maximum absolute atomic E-state index is 12.0. The molecule has 0 fully saturated rings. The van der Waals surface area contributed by atoms with Gasteiger partial charge >= 0.3 is 5.97 Å². The van der Waals surface area contributed by atoms with Crippen molar-refractivity contribution in [1.29, 1.82) is 5.26 Å². The molecule has 5 heteroatoms. The lowest BCUT2D eigenvalue weighted by Gasteiger charge is -2.25. The molecule has 0 amide bonds. The van der Waals surface area contributed by atoms with Crippen LogP contribution in [0.5, 0.6) is 17.2 Å². The van der Waals surface area contributed by atoms with Crippen LogP contribution in [0.4, 0.5) is 0 Å². The van der Waals surface area contributed by atoms with Crippen LogP contribution in [-0.2, 0) is 9.53 Å². The van der Waals surface area contributed by atoms with Crippen molar-refractivity contribution in [2.45, 2.75) is 40.2 Å². The Balaban J connectivity index is 2.17. The molecule has 0 spiro atoms. The second kappa shape index (κ2) is 7.92. The van der Waals surface area contributed by atoms with Gasteiger partial charge < -0.3 is 14.2 Å². The molecule has 0 unspecified atom stereocenters. The van der Waals surface area contributed by atoms with Gasteiger partial charge in [-0.15, -0.1) is 0 Å². The molecule has 26 heavy (non-hydrogen) atoms. The summed E-state index contributed by atoms with van der Waals surface area (Å²) in [5, 5.41) is 9.12. The molecule has 136 valence electrons. The standard InChI is InChI=1S/C21H23NO4/c1-6-24-20(23)21(4,5)26-19-10-9-17(11-15(19)3)25-18-8-7-14(2)16(12-18)13-22/h7-12H,6H2,1-5H3. The normalized spacial score (nSPS) is 10.8. The molecule has 0 N–H and O–H groups in total. The monoisotopic (exact) mass is 353 g/mol. The molecule has 0 aliphatic rings. The third-order valence-electron chi connectivity index (χ3n) is 3.84. The third kappa shape index (κ3) is 4.54. The first-order valence-electron chi connectivity index (χ1n) is 8.42. The second-order valence-electron chi connectivity index (χ2n) is 6.45. The summed E-state index contributed by atoms with van der Waals surface area (Å²) < 4.78 is 16.7. The van der Waals surface area contributed by atoms with Gasteiger partial charge in [-0.3, -0.25) is 0 Å². The number of aryl methyl sites for hydroxylation is 2. The second-order valence-corrected chi connectivity index (χ2v) is 6.45. The van der Waals surface area contributed by atoms with E-state index in [9.17, 15) is 4.79 Å². The van der Waals surface area contributed by atoms with E-state index in [0.29, 0.717) is 29.4 Å². The maximum atomic E-state index is 12.0. The SMILES string of the molecule is CCOC(=O)C(C)(C)Oc1ccc(Oc2ccc(C)c(C#N)c2)cc1C. The number of carbonyl (C=O) groups excluding carboxylic acids is 1. The molecule has 0 bridgehead atoms. The van der Waals surface area contributed by atoms with Gasteiger partial charge in [-0.05, 0) is 76.1 Å². The molecule has 0 saturated carbocycles. The molecule has 0 aliphatic heterocycles. The first kappa shape index (κ1) is 19.3. The van der Waals surface area contributed by atoms with E-state index in [1.54, 1.807) is 39.0 Å². The minimum atomic E-state index is -1.08. The summed E-state index contributed by atoms with van der Waals surface area (Å²) in [6.45, 7) is 9.16. The van der Waals surface area contributed by atoms with E-state index in [-0.39, 0.29) is 0 Å². The quantitative estimate of drug-likeness (QED) is 0.705. The molecule has 0 radical (unpaired) electrons. The van der Waals surface area contributed by atoms with Crippen molar-refractivity contribution in [1.82, 2.24) is 0 Å². The molecule has 2 aromatic carbocycles. The number of nitriles is 1. The van der Waals surface area contributed by atoms with Gasteiger partial charge in [0.25, 0.3) is 0 Å². The van der Waals surface area contributed by atoms with E-state index < -0.39 is 11.6 Å². The Morgan fingerprint density at radius 3 is 2.35 bits per heavy atom. The highest BCUT2D eigenvalue weighted by atomic mass is 16.6. The zero-order chi connectivity index (χ0) is 19.3. The number of carbonyl (C=O) groups is 1. The van der Waals surface area contributed by atoms with Gasteiger partial charge in [0, 0.05) is 0 Å². The number of benzene rings is 2. The van der Waals surface area contributed by atoms with Crippen LogP contribution in [0.25, 0.3) is 0 Å². The average molecular weight is 353 g/mol. The van der Waals surface area contributed by atoms with E-state index in [2.05, 4.69) is 6.07 Å². The average Bonchev–Trinajstić information content (AvgIpc) is 2.59. The van der Waals surface area contributed by atoms with Gasteiger partial charge in [0.2, 0.25) is 0 Å². The summed E-state index contributed by atoms with van der Waals surface area (Å²) in [5.74, 6) is 1.38. The van der Waals surface area contributed by atoms with Gasteiger partial charge in [-0.2, -0.15) is 5.26 Å². The molecule has 0 aliphatic carbocycles. The summed E-state index contributed by atoms with van der Waals surface area (Å²) in [6, 6.07) is 12.9. The fourth-order valence-corrected chi connectivity index (χ4v) is 2.34. The lowest BCUT2D eigenvalue weighted by atomic mass is 10.1. The zero-order valence-electron chi connectivity index (χ0n) is 15.8. The summed E-state index contributed by atoms with van der Waals surface area (Å²) in [4.78, 5) is 12.0. The molecule has 2 aromatic rings. The van der Waals surface area contributed by atoms with Crippen molar-refractivity contribution in [2.24, 2.45) is 0 Å².